The van der Waals surface area contributed by atoms with Crippen molar-refractivity contribution in [3.63, 3.8) is 0 Å². The van der Waals surface area contributed by atoms with E-state index in [9.17, 15) is 0 Å². The van der Waals surface area contributed by atoms with Crippen LogP contribution in [0.4, 0.5) is 0 Å². The molecule has 21 heavy (non-hydrogen) atoms. The van der Waals surface area contributed by atoms with Gasteiger partial charge in [0.25, 0.3) is 0 Å². The minimum absolute atomic E-state index is 0.282. The van der Waals surface area contributed by atoms with E-state index in [2.05, 4.69) is 44.3 Å². The SMILES string of the molecule is CCCCOc1ccc(C2CC(NC)C2(C)C)cc1OC. The molecule has 0 heterocycles. The highest BCUT2D eigenvalue weighted by Gasteiger charge is 2.47. The lowest BCUT2D eigenvalue weighted by atomic mass is 9.56. The fraction of sp³-hybridized carbons (Fsp3) is 0.667. The molecule has 0 aliphatic heterocycles. The Kier molecular flexibility index (Phi) is 5.15. The Morgan fingerprint density at radius 3 is 2.62 bits per heavy atom. The summed E-state index contributed by atoms with van der Waals surface area (Å²) in [5.74, 6) is 2.29. The molecule has 3 heteroatoms. The van der Waals surface area contributed by atoms with Gasteiger partial charge >= 0.3 is 0 Å². The monoisotopic (exact) mass is 291 g/mol. The Balaban J connectivity index is 2.12. The van der Waals surface area contributed by atoms with Gasteiger partial charge in [0.05, 0.1) is 13.7 Å². The van der Waals surface area contributed by atoms with E-state index in [4.69, 9.17) is 9.47 Å². The summed E-state index contributed by atoms with van der Waals surface area (Å²) in [5.41, 5.74) is 1.64. The van der Waals surface area contributed by atoms with Crippen molar-refractivity contribution in [1.29, 1.82) is 0 Å². The van der Waals surface area contributed by atoms with Gasteiger partial charge in [-0.05, 0) is 48.9 Å². The molecule has 1 aliphatic carbocycles. The van der Waals surface area contributed by atoms with Gasteiger partial charge in [0, 0.05) is 6.04 Å². The molecule has 2 rings (SSSR count). The lowest BCUT2D eigenvalue weighted by Crippen LogP contribution is -2.54. The van der Waals surface area contributed by atoms with E-state index in [0.29, 0.717) is 12.0 Å². The molecule has 0 saturated heterocycles. The van der Waals surface area contributed by atoms with Crippen LogP contribution < -0.4 is 14.8 Å². The van der Waals surface area contributed by atoms with Crippen molar-refractivity contribution >= 4 is 0 Å². The van der Waals surface area contributed by atoms with Gasteiger partial charge in [-0.15, -0.1) is 0 Å². The predicted molar refractivity (Wildman–Crippen MR) is 87.4 cm³/mol. The number of methoxy groups -OCH3 is 1. The largest absolute Gasteiger partial charge is 0.493 e. The summed E-state index contributed by atoms with van der Waals surface area (Å²) >= 11 is 0. The number of benzene rings is 1. The summed E-state index contributed by atoms with van der Waals surface area (Å²) in [6.45, 7) is 7.59. The number of hydrogen-bond acceptors (Lipinski definition) is 3. The molecule has 1 aromatic carbocycles. The average Bonchev–Trinajstić information content (AvgIpc) is 2.47. The number of rotatable bonds is 7. The minimum atomic E-state index is 0.282. The van der Waals surface area contributed by atoms with E-state index >= 15 is 0 Å². The Morgan fingerprint density at radius 2 is 2.05 bits per heavy atom. The molecule has 2 unspecified atom stereocenters. The van der Waals surface area contributed by atoms with Crippen molar-refractivity contribution in [3.8, 4) is 11.5 Å². The van der Waals surface area contributed by atoms with Crippen molar-refractivity contribution < 1.29 is 9.47 Å². The predicted octanol–water partition coefficient (Wildman–Crippen LogP) is 3.98. The van der Waals surface area contributed by atoms with Crippen molar-refractivity contribution in [2.75, 3.05) is 20.8 Å². The van der Waals surface area contributed by atoms with E-state index < -0.39 is 0 Å². The zero-order valence-electron chi connectivity index (χ0n) is 14.0. The van der Waals surface area contributed by atoms with Crippen LogP contribution in [-0.4, -0.2) is 26.8 Å². The summed E-state index contributed by atoms with van der Waals surface area (Å²) in [4.78, 5) is 0. The second-order valence-electron chi connectivity index (χ2n) is 6.56. The number of unbranched alkanes of at least 4 members (excludes halogenated alkanes) is 1. The van der Waals surface area contributed by atoms with Gasteiger partial charge in [-0.3, -0.25) is 0 Å². The van der Waals surface area contributed by atoms with Crippen molar-refractivity contribution in [1.82, 2.24) is 5.32 Å². The fourth-order valence-corrected chi connectivity index (χ4v) is 3.33. The van der Waals surface area contributed by atoms with Crippen LogP contribution >= 0.6 is 0 Å². The third-order valence-electron chi connectivity index (χ3n) is 4.96. The Morgan fingerprint density at radius 1 is 1.29 bits per heavy atom. The first-order chi connectivity index (χ1) is 10.0. The topological polar surface area (TPSA) is 30.5 Å². The summed E-state index contributed by atoms with van der Waals surface area (Å²) < 4.78 is 11.3. The van der Waals surface area contributed by atoms with Crippen LogP contribution in [0.25, 0.3) is 0 Å². The first-order valence-corrected chi connectivity index (χ1v) is 8.02. The zero-order chi connectivity index (χ0) is 15.5. The molecule has 0 radical (unpaired) electrons. The van der Waals surface area contributed by atoms with Gasteiger partial charge < -0.3 is 14.8 Å². The van der Waals surface area contributed by atoms with E-state index in [0.717, 1.165) is 30.9 Å². The van der Waals surface area contributed by atoms with Gasteiger partial charge in [0.15, 0.2) is 11.5 Å². The van der Waals surface area contributed by atoms with Crippen LogP contribution in [0, 0.1) is 5.41 Å². The molecule has 1 saturated carbocycles. The molecular weight excluding hydrogens is 262 g/mol. The molecule has 0 amide bonds. The molecule has 0 spiro atoms. The summed E-state index contributed by atoms with van der Waals surface area (Å²) in [7, 11) is 3.77. The van der Waals surface area contributed by atoms with Gasteiger partial charge in [0.2, 0.25) is 0 Å². The molecule has 0 bridgehead atoms. The third-order valence-corrected chi connectivity index (χ3v) is 4.96. The van der Waals surface area contributed by atoms with Gasteiger partial charge in [-0.2, -0.15) is 0 Å². The second kappa shape index (κ2) is 6.69. The average molecular weight is 291 g/mol. The number of nitrogens with one attached hydrogen (secondary N) is 1. The normalized spacial score (nSPS) is 23.5. The molecule has 1 N–H and O–H groups in total. The summed E-state index contributed by atoms with van der Waals surface area (Å²) in [6.07, 6.45) is 3.40. The van der Waals surface area contributed by atoms with Crippen LogP contribution in [0.5, 0.6) is 11.5 Å². The number of hydrogen-bond donors (Lipinski definition) is 1. The Hall–Kier alpha value is -1.22. The highest BCUT2D eigenvalue weighted by atomic mass is 16.5. The third kappa shape index (κ3) is 3.18. The smallest absolute Gasteiger partial charge is 0.161 e. The molecule has 1 aliphatic rings. The van der Waals surface area contributed by atoms with Crippen LogP contribution in [0.2, 0.25) is 0 Å². The van der Waals surface area contributed by atoms with Gasteiger partial charge in [-0.25, -0.2) is 0 Å². The highest BCUT2D eigenvalue weighted by Crippen LogP contribution is 2.53. The lowest BCUT2D eigenvalue weighted by molar-refractivity contribution is 0.0749. The highest BCUT2D eigenvalue weighted by molar-refractivity contribution is 5.45. The lowest BCUT2D eigenvalue weighted by Gasteiger charge is -2.52. The molecule has 0 aromatic heterocycles. The van der Waals surface area contributed by atoms with Crippen LogP contribution in [0.3, 0.4) is 0 Å². The maximum atomic E-state index is 5.81. The Bertz CT molecular complexity index is 470. The number of ether oxygens (including phenoxy) is 2. The van der Waals surface area contributed by atoms with E-state index in [-0.39, 0.29) is 5.41 Å². The quantitative estimate of drug-likeness (QED) is 0.771. The molecular formula is C18H29NO2. The van der Waals surface area contributed by atoms with Crippen molar-refractivity contribution in [3.05, 3.63) is 23.8 Å². The summed E-state index contributed by atoms with van der Waals surface area (Å²) in [5, 5.41) is 3.41. The second-order valence-corrected chi connectivity index (χ2v) is 6.56. The van der Waals surface area contributed by atoms with Crippen LogP contribution in [0.15, 0.2) is 18.2 Å². The van der Waals surface area contributed by atoms with Gasteiger partial charge in [-0.1, -0.05) is 33.3 Å². The summed E-state index contributed by atoms with van der Waals surface area (Å²) in [6, 6.07) is 7.00. The van der Waals surface area contributed by atoms with E-state index in [1.807, 2.05) is 7.05 Å². The van der Waals surface area contributed by atoms with Crippen LogP contribution in [0.1, 0.15) is 51.5 Å². The molecule has 3 nitrogen and oxygen atoms in total. The maximum Gasteiger partial charge on any atom is 0.161 e. The maximum absolute atomic E-state index is 5.81. The standard InChI is InChI=1S/C18H29NO2/c1-6-7-10-21-15-9-8-13(11-16(15)20-5)14-12-17(19-4)18(14,2)3/h8-9,11,14,17,19H,6-7,10,12H2,1-5H3. The molecule has 2 atom stereocenters. The van der Waals surface area contributed by atoms with E-state index in [1.54, 1.807) is 7.11 Å². The first-order valence-electron chi connectivity index (χ1n) is 8.02. The van der Waals surface area contributed by atoms with Crippen molar-refractivity contribution in [2.24, 2.45) is 5.41 Å². The van der Waals surface area contributed by atoms with E-state index in [1.165, 1.54) is 12.0 Å². The fourth-order valence-electron chi connectivity index (χ4n) is 3.33. The zero-order valence-corrected chi connectivity index (χ0v) is 14.0. The van der Waals surface area contributed by atoms with Gasteiger partial charge in [0.1, 0.15) is 0 Å². The molecule has 118 valence electrons. The molecule has 1 fully saturated rings. The Labute approximate surface area is 129 Å². The molecule has 1 aromatic rings. The van der Waals surface area contributed by atoms with Crippen LogP contribution in [-0.2, 0) is 0 Å². The first kappa shape index (κ1) is 16.2. The minimum Gasteiger partial charge on any atom is -0.493 e. The van der Waals surface area contributed by atoms with Crippen molar-refractivity contribution in [2.45, 2.75) is 52.0 Å².